The van der Waals surface area contributed by atoms with E-state index in [1.54, 1.807) is 35.6 Å². The van der Waals surface area contributed by atoms with Crippen molar-refractivity contribution in [3.8, 4) is 11.3 Å². The Bertz CT molecular complexity index is 1060. The van der Waals surface area contributed by atoms with Crippen molar-refractivity contribution in [2.24, 2.45) is 0 Å². The van der Waals surface area contributed by atoms with Crippen LogP contribution in [-0.4, -0.2) is 32.1 Å². The monoisotopic (exact) mass is 415 g/mol. The molecule has 0 bridgehead atoms. The Kier molecular flexibility index (Phi) is 6.11. The van der Waals surface area contributed by atoms with Crippen LogP contribution in [0.25, 0.3) is 11.3 Å². The molecule has 0 unspecified atom stereocenters. The van der Waals surface area contributed by atoms with Crippen molar-refractivity contribution >= 4 is 33.0 Å². The topological polar surface area (TPSA) is 88.2 Å². The first kappa shape index (κ1) is 20.0. The van der Waals surface area contributed by atoms with E-state index in [4.69, 9.17) is 0 Å². The lowest BCUT2D eigenvalue weighted by molar-refractivity contribution is 0.0954. The summed E-state index contributed by atoms with van der Waals surface area (Å²) in [5.41, 5.74) is 4.10. The average molecular weight is 416 g/mol. The number of nitrogens with one attached hydrogen (secondary N) is 2. The molecule has 2 N–H and O–H groups in total. The van der Waals surface area contributed by atoms with E-state index in [9.17, 15) is 13.2 Å². The van der Waals surface area contributed by atoms with E-state index in [0.717, 1.165) is 34.5 Å². The molecule has 0 aliphatic rings. The Morgan fingerprint density at radius 1 is 1.07 bits per heavy atom. The van der Waals surface area contributed by atoms with Gasteiger partial charge in [-0.25, -0.2) is 13.4 Å². The Balaban J connectivity index is 1.51. The zero-order chi connectivity index (χ0) is 20.1. The number of rotatable bonds is 7. The molecule has 0 saturated carbocycles. The summed E-state index contributed by atoms with van der Waals surface area (Å²) in [6.07, 6.45) is 1.80. The fourth-order valence-electron chi connectivity index (χ4n) is 2.66. The molecule has 1 amide bonds. The smallest absolute Gasteiger partial charge is 0.251 e. The summed E-state index contributed by atoms with van der Waals surface area (Å²) < 4.78 is 24.8. The van der Waals surface area contributed by atoms with Crippen molar-refractivity contribution in [2.45, 2.75) is 13.3 Å². The predicted octanol–water partition coefficient (Wildman–Crippen LogP) is 3.46. The highest BCUT2D eigenvalue weighted by molar-refractivity contribution is 7.92. The first-order chi connectivity index (χ1) is 13.3. The van der Waals surface area contributed by atoms with E-state index in [0.29, 0.717) is 17.8 Å². The molecule has 28 heavy (non-hydrogen) atoms. The lowest BCUT2D eigenvalue weighted by Crippen LogP contribution is -2.25. The van der Waals surface area contributed by atoms with Gasteiger partial charge in [0.15, 0.2) is 0 Å². The summed E-state index contributed by atoms with van der Waals surface area (Å²) in [4.78, 5) is 16.7. The van der Waals surface area contributed by atoms with Crippen molar-refractivity contribution in [3.63, 3.8) is 0 Å². The molecule has 3 rings (SSSR count). The maximum absolute atomic E-state index is 12.2. The lowest BCUT2D eigenvalue weighted by atomic mass is 10.1. The second-order valence-corrected chi connectivity index (χ2v) is 9.22. The highest BCUT2D eigenvalue weighted by Gasteiger charge is 2.07. The molecule has 0 saturated heterocycles. The first-order valence-electron chi connectivity index (χ1n) is 8.68. The van der Waals surface area contributed by atoms with Crippen LogP contribution in [0.1, 0.15) is 20.9 Å². The molecule has 0 spiro atoms. The van der Waals surface area contributed by atoms with Crippen molar-refractivity contribution in [3.05, 3.63) is 70.0 Å². The molecule has 6 nitrogen and oxygen atoms in total. The molecule has 1 aromatic heterocycles. The Morgan fingerprint density at radius 3 is 2.32 bits per heavy atom. The Hall–Kier alpha value is -2.71. The number of amides is 1. The standard InChI is InChI=1S/C20H21N3O3S2/c1-14-22-19(13-27-14)16-5-3-15(4-6-16)11-12-21-20(24)17-7-9-18(10-8-17)23-28(2,25)26/h3-10,13,23H,11-12H2,1-2H3,(H,21,24). The summed E-state index contributed by atoms with van der Waals surface area (Å²) in [5, 5.41) is 5.96. The van der Waals surface area contributed by atoms with E-state index in [1.165, 1.54) is 0 Å². The second kappa shape index (κ2) is 8.53. The minimum atomic E-state index is -3.33. The molecule has 2 aromatic carbocycles. The molecular formula is C20H21N3O3S2. The van der Waals surface area contributed by atoms with Crippen LogP contribution in [0.5, 0.6) is 0 Å². The third-order valence-corrected chi connectivity index (χ3v) is 5.40. The summed E-state index contributed by atoms with van der Waals surface area (Å²) in [6, 6.07) is 14.5. The number of aryl methyl sites for hydroxylation is 1. The number of sulfonamides is 1. The van der Waals surface area contributed by atoms with Crippen molar-refractivity contribution in [1.82, 2.24) is 10.3 Å². The number of anilines is 1. The number of hydrogen-bond acceptors (Lipinski definition) is 5. The summed E-state index contributed by atoms with van der Waals surface area (Å²) in [7, 11) is -3.33. The van der Waals surface area contributed by atoms with Gasteiger partial charge >= 0.3 is 0 Å². The van der Waals surface area contributed by atoms with Crippen LogP contribution in [0, 0.1) is 6.92 Å². The molecule has 8 heteroatoms. The molecule has 0 fully saturated rings. The number of carbonyl (C=O) groups is 1. The van der Waals surface area contributed by atoms with Crippen molar-refractivity contribution in [1.29, 1.82) is 0 Å². The largest absolute Gasteiger partial charge is 0.352 e. The molecule has 3 aromatic rings. The maximum atomic E-state index is 12.2. The highest BCUT2D eigenvalue weighted by Crippen LogP contribution is 2.21. The molecule has 1 heterocycles. The molecule has 0 aliphatic heterocycles. The molecule has 0 radical (unpaired) electrons. The van der Waals surface area contributed by atoms with E-state index < -0.39 is 10.0 Å². The number of aromatic nitrogens is 1. The average Bonchev–Trinajstić information content (AvgIpc) is 3.08. The number of hydrogen-bond donors (Lipinski definition) is 2. The van der Waals surface area contributed by atoms with Gasteiger partial charge in [0.1, 0.15) is 0 Å². The van der Waals surface area contributed by atoms with Crippen LogP contribution in [0.15, 0.2) is 53.9 Å². The molecule has 146 valence electrons. The second-order valence-electron chi connectivity index (χ2n) is 6.41. The van der Waals surface area contributed by atoms with Gasteiger partial charge in [-0.1, -0.05) is 24.3 Å². The van der Waals surface area contributed by atoms with Crippen LogP contribution < -0.4 is 10.0 Å². The minimum absolute atomic E-state index is 0.194. The number of benzene rings is 2. The zero-order valence-corrected chi connectivity index (χ0v) is 17.2. The third-order valence-electron chi connectivity index (χ3n) is 4.02. The summed E-state index contributed by atoms with van der Waals surface area (Å²) in [5.74, 6) is -0.194. The van der Waals surface area contributed by atoms with Gasteiger partial charge < -0.3 is 5.32 Å². The SMILES string of the molecule is Cc1nc(-c2ccc(CCNC(=O)c3ccc(NS(C)(=O)=O)cc3)cc2)cs1. The predicted molar refractivity (Wildman–Crippen MR) is 113 cm³/mol. The van der Waals surface area contributed by atoms with Gasteiger partial charge in [0.05, 0.1) is 17.0 Å². The van der Waals surface area contributed by atoms with Crippen molar-refractivity contribution < 1.29 is 13.2 Å². The Morgan fingerprint density at radius 2 is 1.75 bits per heavy atom. The van der Waals surface area contributed by atoms with E-state index in [1.807, 2.05) is 36.6 Å². The van der Waals surface area contributed by atoms with Crippen LogP contribution in [-0.2, 0) is 16.4 Å². The minimum Gasteiger partial charge on any atom is -0.352 e. The van der Waals surface area contributed by atoms with Crippen LogP contribution in [0.4, 0.5) is 5.69 Å². The van der Waals surface area contributed by atoms with Crippen LogP contribution in [0.3, 0.4) is 0 Å². The van der Waals surface area contributed by atoms with Crippen molar-refractivity contribution in [2.75, 3.05) is 17.5 Å². The van der Waals surface area contributed by atoms with E-state index in [2.05, 4.69) is 15.0 Å². The molecule has 0 atom stereocenters. The zero-order valence-electron chi connectivity index (χ0n) is 15.6. The lowest BCUT2D eigenvalue weighted by Gasteiger charge is -2.08. The van der Waals surface area contributed by atoms with Gasteiger partial charge in [-0.3, -0.25) is 9.52 Å². The summed E-state index contributed by atoms with van der Waals surface area (Å²) >= 11 is 1.63. The third kappa shape index (κ3) is 5.64. The fourth-order valence-corrected chi connectivity index (χ4v) is 3.85. The van der Waals surface area contributed by atoms with Crippen LogP contribution >= 0.6 is 11.3 Å². The molecular weight excluding hydrogens is 394 g/mol. The fraction of sp³-hybridized carbons (Fsp3) is 0.200. The number of carbonyl (C=O) groups excluding carboxylic acids is 1. The van der Waals surface area contributed by atoms with E-state index in [-0.39, 0.29) is 5.91 Å². The molecule has 0 aliphatic carbocycles. The van der Waals surface area contributed by atoms with E-state index >= 15 is 0 Å². The van der Waals surface area contributed by atoms with Gasteiger partial charge in [-0.05, 0) is 43.2 Å². The van der Waals surface area contributed by atoms with Gasteiger partial charge in [-0.15, -0.1) is 11.3 Å². The normalized spacial score (nSPS) is 11.2. The quantitative estimate of drug-likeness (QED) is 0.619. The first-order valence-corrected chi connectivity index (χ1v) is 11.4. The van der Waals surface area contributed by atoms with Gasteiger partial charge in [0.2, 0.25) is 10.0 Å². The maximum Gasteiger partial charge on any atom is 0.251 e. The number of thiazole rings is 1. The number of nitrogens with zero attached hydrogens (tertiary/aromatic N) is 1. The highest BCUT2D eigenvalue weighted by atomic mass is 32.2. The van der Waals surface area contributed by atoms with Gasteiger partial charge in [0.25, 0.3) is 5.91 Å². The summed E-state index contributed by atoms with van der Waals surface area (Å²) in [6.45, 7) is 2.50. The van der Waals surface area contributed by atoms with Gasteiger partial charge in [-0.2, -0.15) is 0 Å². The Labute approximate surface area is 168 Å². The van der Waals surface area contributed by atoms with Gasteiger partial charge in [0, 0.05) is 28.7 Å². The van der Waals surface area contributed by atoms with Crippen LogP contribution in [0.2, 0.25) is 0 Å².